The minimum absolute atomic E-state index is 0.0196. The fourth-order valence-corrected chi connectivity index (χ4v) is 3.14. The van der Waals surface area contributed by atoms with E-state index in [4.69, 9.17) is 11.6 Å². The molecule has 23 heavy (non-hydrogen) atoms. The summed E-state index contributed by atoms with van der Waals surface area (Å²) >= 11 is 6.05. The Morgan fingerprint density at radius 2 is 2.00 bits per heavy atom. The number of hydrogen-bond acceptors (Lipinski definition) is 3. The summed E-state index contributed by atoms with van der Waals surface area (Å²) in [6, 6.07) is 7.75. The van der Waals surface area contributed by atoms with Gasteiger partial charge in [0.15, 0.2) is 0 Å². The van der Waals surface area contributed by atoms with Gasteiger partial charge in [-0.2, -0.15) is 0 Å². The van der Waals surface area contributed by atoms with Crippen LogP contribution in [0.1, 0.15) is 12.5 Å². The first kappa shape index (κ1) is 17.8. The van der Waals surface area contributed by atoms with Crippen molar-refractivity contribution in [3.63, 3.8) is 0 Å². The van der Waals surface area contributed by atoms with Crippen molar-refractivity contribution in [3.8, 4) is 0 Å². The van der Waals surface area contributed by atoms with Crippen molar-refractivity contribution < 1.29 is 9.59 Å². The monoisotopic (exact) mass is 337 g/mol. The minimum atomic E-state index is -0.199. The first-order valence-electron chi connectivity index (χ1n) is 7.80. The van der Waals surface area contributed by atoms with Crippen molar-refractivity contribution in [2.24, 2.45) is 5.92 Å². The summed E-state index contributed by atoms with van der Waals surface area (Å²) in [5, 5.41) is 0.712. The molecule has 0 radical (unpaired) electrons. The predicted octanol–water partition coefficient (Wildman–Crippen LogP) is 1.71. The molecule has 0 aromatic heterocycles. The van der Waals surface area contributed by atoms with E-state index in [2.05, 4.69) is 4.90 Å². The Kier molecular flexibility index (Phi) is 6.02. The van der Waals surface area contributed by atoms with Crippen molar-refractivity contribution in [1.82, 2.24) is 14.7 Å². The molecule has 1 aromatic rings. The van der Waals surface area contributed by atoms with E-state index in [0.717, 1.165) is 18.7 Å². The zero-order chi connectivity index (χ0) is 17.0. The summed E-state index contributed by atoms with van der Waals surface area (Å²) in [7, 11) is 3.51. The van der Waals surface area contributed by atoms with E-state index in [1.165, 1.54) is 0 Å². The van der Waals surface area contributed by atoms with Crippen molar-refractivity contribution in [2.75, 3.05) is 40.3 Å². The number of hydrogen-bond donors (Lipinski definition) is 0. The molecule has 0 bridgehead atoms. The van der Waals surface area contributed by atoms with Crippen LogP contribution in [0, 0.1) is 5.92 Å². The molecule has 2 amide bonds. The maximum Gasteiger partial charge on any atom is 0.228 e. The number of rotatable bonds is 3. The topological polar surface area (TPSA) is 43.9 Å². The second-order valence-electron chi connectivity index (χ2n) is 6.26. The molecule has 6 heteroatoms. The number of halogens is 1. The summed E-state index contributed by atoms with van der Waals surface area (Å²) in [6.45, 7) is 4.81. The molecule has 0 spiro atoms. The highest BCUT2D eigenvalue weighted by Crippen LogP contribution is 2.17. The average Bonchev–Trinajstić information content (AvgIpc) is 2.69. The molecule has 1 fully saturated rings. The Labute approximate surface area is 142 Å². The molecule has 0 saturated carbocycles. The fourth-order valence-electron chi connectivity index (χ4n) is 2.92. The third-order valence-corrected chi connectivity index (χ3v) is 4.37. The summed E-state index contributed by atoms with van der Waals surface area (Å²) in [4.78, 5) is 29.8. The molecule has 0 N–H and O–H groups in total. The molecule has 5 nitrogen and oxygen atoms in total. The molecule has 1 saturated heterocycles. The van der Waals surface area contributed by atoms with Gasteiger partial charge in [-0.1, -0.05) is 23.7 Å². The van der Waals surface area contributed by atoms with Gasteiger partial charge in [0.05, 0.1) is 5.92 Å². The van der Waals surface area contributed by atoms with Gasteiger partial charge in [-0.25, -0.2) is 0 Å². The predicted molar refractivity (Wildman–Crippen MR) is 91.2 cm³/mol. The smallest absolute Gasteiger partial charge is 0.228 e. The third kappa shape index (κ3) is 4.94. The van der Waals surface area contributed by atoms with E-state index < -0.39 is 0 Å². The molecule has 2 rings (SSSR count). The second kappa shape index (κ2) is 7.79. The Morgan fingerprint density at radius 3 is 2.61 bits per heavy atom. The van der Waals surface area contributed by atoms with Crippen LogP contribution < -0.4 is 0 Å². The van der Waals surface area contributed by atoms with Gasteiger partial charge < -0.3 is 9.80 Å². The summed E-state index contributed by atoms with van der Waals surface area (Å²) < 4.78 is 0. The number of amides is 2. The van der Waals surface area contributed by atoms with Crippen LogP contribution in [0.25, 0.3) is 0 Å². The van der Waals surface area contributed by atoms with E-state index in [-0.39, 0.29) is 17.7 Å². The largest absolute Gasteiger partial charge is 0.348 e. The van der Waals surface area contributed by atoms with Crippen LogP contribution in [-0.4, -0.2) is 66.8 Å². The zero-order valence-corrected chi connectivity index (χ0v) is 14.7. The molecule has 0 aliphatic carbocycles. The number of carbonyl (C=O) groups excluding carboxylic acids is 2. The van der Waals surface area contributed by atoms with E-state index in [9.17, 15) is 9.59 Å². The van der Waals surface area contributed by atoms with Gasteiger partial charge in [0.1, 0.15) is 0 Å². The molecule has 126 valence electrons. The van der Waals surface area contributed by atoms with Gasteiger partial charge >= 0.3 is 0 Å². The lowest BCUT2D eigenvalue weighted by Crippen LogP contribution is -2.41. The molecule has 1 aliphatic heterocycles. The van der Waals surface area contributed by atoms with Gasteiger partial charge in [0.2, 0.25) is 11.8 Å². The van der Waals surface area contributed by atoms with Crippen molar-refractivity contribution >= 4 is 23.4 Å². The Bertz CT molecular complexity index is 577. The number of benzene rings is 1. The Morgan fingerprint density at radius 1 is 1.26 bits per heavy atom. The van der Waals surface area contributed by atoms with Crippen molar-refractivity contribution in [2.45, 2.75) is 13.5 Å². The van der Waals surface area contributed by atoms with Crippen LogP contribution in [0.2, 0.25) is 5.02 Å². The highest BCUT2D eigenvalue weighted by molar-refractivity contribution is 6.30. The minimum Gasteiger partial charge on any atom is -0.348 e. The van der Waals surface area contributed by atoms with Crippen LogP contribution in [0.5, 0.6) is 0 Å². The summed E-state index contributed by atoms with van der Waals surface area (Å²) in [5.74, 6) is -0.115. The number of carbonyl (C=O) groups is 2. The van der Waals surface area contributed by atoms with Crippen LogP contribution in [0.4, 0.5) is 0 Å². The molecule has 1 unspecified atom stereocenters. The molecule has 1 atom stereocenters. The SMILES string of the molecule is CC(=O)N1CCN(Cc2cccc(Cl)c2)CC(C(=O)N(C)C)C1. The van der Waals surface area contributed by atoms with Crippen LogP contribution >= 0.6 is 11.6 Å². The maximum atomic E-state index is 12.4. The molecule has 1 heterocycles. The molecule has 1 aromatic carbocycles. The van der Waals surface area contributed by atoms with Gasteiger partial charge in [0.25, 0.3) is 0 Å². The van der Waals surface area contributed by atoms with Crippen molar-refractivity contribution in [3.05, 3.63) is 34.9 Å². The Balaban J connectivity index is 2.13. The quantitative estimate of drug-likeness (QED) is 0.843. The van der Waals surface area contributed by atoms with Crippen LogP contribution in [0.3, 0.4) is 0 Å². The first-order valence-corrected chi connectivity index (χ1v) is 8.18. The lowest BCUT2D eigenvalue weighted by atomic mass is 10.1. The van der Waals surface area contributed by atoms with E-state index in [1.54, 1.807) is 30.8 Å². The van der Waals surface area contributed by atoms with Crippen LogP contribution in [-0.2, 0) is 16.1 Å². The maximum absolute atomic E-state index is 12.4. The average molecular weight is 338 g/mol. The third-order valence-electron chi connectivity index (χ3n) is 4.14. The summed E-state index contributed by atoms with van der Waals surface area (Å²) in [6.07, 6.45) is 0. The van der Waals surface area contributed by atoms with E-state index in [0.29, 0.717) is 24.7 Å². The van der Waals surface area contributed by atoms with Gasteiger partial charge in [0, 0.05) is 58.8 Å². The lowest BCUT2D eigenvalue weighted by molar-refractivity contribution is -0.135. The standard InChI is InChI=1S/C17H24ClN3O2/c1-13(22)21-8-7-20(10-14-5-4-6-16(18)9-14)11-15(12-21)17(23)19(2)3/h4-6,9,15H,7-8,10-12H2,1-3H3. The highest BCUT2D eigenvalue weighted by Gasteiger charge is 2.29. The second-order valence-corrected chi connectivity index (χ2v) is 6.70. The molecular weight excluding hydrogens is 314 g/mol. The van der Waals surface area contributed by atoms with Crippen LogP contribution in [0.15, 0.2) is 24.3 Å². The highest BCUT2D eigenvalue weighted by atomic mass is 35.5. The summed E-state index contributed by atoms with van der Waals surface area (Å²) in [5.41, 5.74) is 1.12. The fraction of sp³-hybridized carbons (Fsp3) is 0.529. The van der Waals surface area contributed by atoms with Gasteiger partial charge in [-0.15, -0.1) is 0 Å². The van der Waals surface area contributed by atoms with E-state index >= 15 is 0 Å². The van der Waals surface area contributed by atoms with Gasteiger partial charge in [-0.3, -0.25) is 14.5 Å². The normalized spacial score (nSPS) is 19.3. The molecular formula is C17H24ClN3O2. The zero-order valence-electron chi connectivity index (χ0n) is 14.0. The Hall–Kier alpha value is -1.59. The molecule has 1 aliphatic rings. The van der Waals surface area contributed by atoms with Gasteiger partial charge in [-0.05, 0) is 17.7 Å². The lowest BCUT2D eigenvalue weighted by Gasteiger charge is -2.25. The number of nitrogens with zero attached hydrogens (tertiary/aromatic N) is 3. The van der Waals surface area contributed by atoms with Crippen molar-refractivity contribution in [1.29, 1.82) is 0 Å². The van der Waals surface area contributed by atoms with E-state index in [1.807, 2.05) is 24.3 Å². The first-order chi connectivity index (χ1) is 10.9.